The first kappa shape index (κ1) is 29.5. The van der Waals surface area contributed by atoms with Gasteiger partial charge in [0, 0.05) is 24.4 Å². The zero-order valence-corrected chi connectivity index (χ0v) is 21.5. The second kappa shape index (κ2) is 14.2. The van der Waals surface area contributed by atoms with Crippen molar-refractivity contribution in [3.05, 3.63) is 83.9 Å². The molecule has 208 valence electrons. The summed E-state index contributed by atoms with van der Waals surface area (Å²) < 4.78 is 47.5. The molecule has 0 unspecified atom stereocenters. The summed E-state index contributed by atoms with van der Waals surface area (Å²) in [7, 11) is 0. The minimum atomic E-state index is -4.75. The van der Waals surface area contributed by atoms with Crippen LogP contribution in [0.5, 0.6) is 5.75 Å². The number of hydrogen-bond acceptors (Lipinski definition) is 5. The average Bonchev–Trinajstić information content (AvgIpc) is 2.88. The Morgan fingerprint density at radius 2 is 1.69 bits per heavy atom. The van der Waals surface area contributed by atoms with Gasteiger partial charge in [0.2, 0.25) is 0 Å². The molecule has 1 amide bonds. The topological polar surface area (TPSA) is 96.9 Å². The van der Waals surface area contributed by atoms with Crippen molar-refractivity contribution in [1.29, 1.82) is 0 Å². The number of halogens is 3. The minimum absolute atomic E-state index is 0.0522. The predicted molar refractivity (Wildman–Crippen MR) is 142 cm³/mol. The van der Waals surface area contributed by atoms with Crippen LogP contribution >= 0.6 is 0 Å². The first-order chi connectivity index (χ1) is 18.6. The Bertz CT molecular complexity index is 1210. The maximum absolute atomic E-state index is 12.6. The van der Waals surface area contributed by atoms with Gasteiger partial charge in [-0.3, -0.25) is 9.59 Å². The number of hydrogen-bond donors (Lipinski definition) is 3. The van der Waals surface area contributed by atoms with E-state index < -0.39 is 12.3 Å². The van der Waals surface area contributed by atoms with Gasteiger partial charge in [0.25, 0.3) is 5.91 Å². The Morgan fingerprint density at radius 3 is 2.33 bits per heavy atom. The van der Waals surface area contributed by atoms with Crippen molar-refractivity contribution in [2.45, 2.75) is 38.6 Å². The molecule has 1 atom stereocenters. The van der Waals surface area contributed by atoms with Gasteiger partial charge in [-0.1, -0.05) is 43.3 Å². The van der Waals surface area contributed by atoms with Gasteiger partial charge >= 0.3 is 12.3 Å². The molecule has 0 aliphatic rings. The third-order valence-corrected chi connectivity index (χ3v) is 5.65. The fourth-order valence-electron chi connectivity index (χ4n) is 3.85. The van der Waals surface area contributed by atoms with Gasteiger partial charge in [0.1, 0.15) is 5.75 Å². The standard InChI is InChI=1S/C29H31F3N2O5/c1-2-16-38-19-25(34-24-12-10-22(11-13-24)28(37)33-15-14-27(35)36)17-20-6-8-21(9-7-20)23-4-3-5-26(18-23)39-29(30,31)32/h3-13,18,25,34H,2,14-17,19H2,1H3,(H,33,37)(H,35,36)/t25-/m0/s1. The third-order valence-electron chi connectivity index (χ3n) is 5.65. The van der Waals surface area contributed by atoms with E-state index in [1.807, 2.05) is 31.2 Å². The highest BCUT2D eigenvalue weighted by Gasteiger charge is 2.31. The molecule has 0 saturated heterocycles. The van der Waals surface area contributed by atoms with E-state index in [0.29, 0.717) is 30.8 Å². The molecule has 0 fully saturated rings. The molecule has 0 radical (unpaired) electrons. The maximum Gasteiger partial charge on any atom is 0.573 e. The van der Waals surface area contributed by atoms with Crippen LogP contribution in [0.1, 0.15) is 35.7 Å². The highest BCUT2D eigenvalue weighted by Crippen LogP contribution is 2.28. The van der Waals surface area contributed by atoms with Crippen molar-refractivity contribution in [3.63, 3.8) is 0 Å². The van der Waals surface area contributed by atoms with E-state index in [1.54, 1.807) is 30.3 Å². The van der Waals surface area contributed by atoms with E-state index in [-0.39, 0.29) is 30.7 Å². The smallest absolute Gasteiger partial charge is 0.481 e. The molecule has 10 heteroatoms. The third kappa shape index (κ3) is 10.3. The lowest BCUT2D eigenvalue weighted by molar-refractivity contribution is -0.274. The van der Waals surface area contributed by atoms with Gasteiger partial charge in [0.05, 0.1) is 19.1 Å². The summed E-state index contributed by atoms with van der Waals surface area (Å²) in [5, 5.41) is 14.7. The quantitative estimate of drug-likeness (QED) is 0.219. The number of carboxylic acid groups (broad SMARTS) is 1. The summed E-state index contributed by atoms with van der Waals surface area (Å²) in [6, 6.07) is 20.2. The first-order valence-corrected chi connectivity index (χ1v) is 12.5. The second-order valence-corrected chi connectivity index (χ2v) is 8.87. The lowest BCUT2D eigenvalue weighted by atomic mass is 10.0. The number of carboxylic acids is 1. The van der Waals surface area contributed by atoms with E-state index in [9.17, 15) is 22.8 Å². The minimum Gasteiger partial charge on any atom is -0.481 e. The maximum atomic E-state index is 12.6. The van der Waals surface area contributed by atoms with E-state index in [4.69, 9.17) is 9.84 Å². The van der Waals surface area contributed by atoms with Gasteiger partial charge in [-0.25, -0.2) is 0 Å². The van der Waals surface area contributed by atoms with Crippen molar-refractivity contribution in [1.82, 2.24) is 5.32 Å². The summed E-state index contributed by atoms with van der Waals surface area (Å²) in [5.74, 6) is -1.60. The van der Waals surface area contributed by atoms with E-state index in [0.717, 1.165) is 23.2 Å². The highest BCUT2D eigenvalue weighted by atomic mass is 19.4. The van der Waals surface area contributed by atoms with Gasteiger partial charge in [0.15, 0.2) is 0 Å². The summed E-state index contributed by atoms with van der Waals surface area (Å²) in [4.78, 5) is 22.8. The molecule has 3 aromatic carbocycles. The Kier molecular flexibility index (Phi) is 10.7. The molecular weight excluding hydrogens is 513 g/mol. The zero-order chi connectivity index (χ0) is 28.3. The number of carbonyl (C=O) groups excluding carboxylic acids is 1. The highest BCUT2D eigenvalue weighted by molar-refractivity contribution is 5.94. The Balaban J connectivity index is 1.65. The SMILES string of the molecule is CCCOC[C@H](Cc1ccc(-c2cccc(OC(F)(F)F)c2)cc1)Nc1ccc(C(=O)NCCC(=O)O)cc1. The van der Waals surface area contributed by atoms with E-state index in [1.165, 1.54) is 18.2 Å². The Morgan fingerprint density at radius 1 is 0.974 bits per heavy atom. The fraction of sp³-hybridized carbons (Fsp3) is 0.310. The van der Waals surface area contributed by atoms with Gasteiger partial charge < -0.3 is 25.2 Å². The summed E-state index contributed by atoms with van der Waals surface area (Å²) >= 11 is 0. The van der Waals surface area contributed by atoms with E-state index in [2.05, 4.69) is 15.4 Å². The molecule has 0 saturated carbocycles. The lowest BCUT2D eigenvalue weighted by Crippen LogP contribution is -2.28. The summed E-state index contributed by atoms with van der Waals surface area (Å²) in [6.45, 7) is 3.14. The van der Waals surface area contributed by atoms with Crippen molar-refractivity contribution in [2.24, 2.45) is 0 Å². The van der Waals surface area contributed by atoms with Crippen LogP contribution in [0.2, 0.25) is 0 Å². The molecule has 0 spiro atoms. The number of aliphatic carboxylic acids is 1. The molecule has 7 nitrogen and oxygen atoms in total. The Hall–Kier alpha value is -4.05. The fourth-order valence-corrected chi connectivity index (χ4v) is 3.85. The molecule has 3 rings (SSSR count). The number of ether oxygens (including phenoxy) is 2. The number of alkyl halides is 3. The molecule has 0 aliphatic carbocycles. The molecule has 0 heterocycles. The second-order valence-electron chi connectivity index (χ2n) is 8.87. The molecule has 39 heavy (non-hydrogen) atoms. The molecular formula is C29H31F3N2O5. The van der Waals surface area contributed by atoms with Crippen LogP contribution in [0.25, 0.3) is 11.1 Å². The van der Waals surface area contributed by atoms with Crippen molar-refractivity contribution in [3.8, 4) is 16.9 Å². The van der Waals surface area contributed by atoms with Crippen LogP contribution in [-0.2, 0) is 16.0 Å². The number of amides is 1. The molecule has 0 aliphatic heterocycles. The monoisotopic (exact) mass is 544 g/mol. The van der Waals surface area contributed by atoms with Crippen molar-refractivity contribution < 1.29 is 37.3 Å². The predicted octanol–water partition coefficient (Wildman–Crippen LogP) is 5.91. The van der Waals surface area contributed by atoms with Crippen LogP contribution < -0.4 is 15.4 Å². The largest absolute Gasteiger partial charge is 0.573 e. The van der Waals surface area contributed by atoms with Crippen LogP contribution in [0.4, 0.5) is 18.9 Å². The molecule has 3 aromatic rings. The number of carbonyl (C=O) groups is 2. The number of benzene rings is 3. The molecule has 0 bridgehead atoms. The lowest BCUT2D eigenvalue weighted by Gasteiger charge is -2.21. The summed E-state index contributed by atoms with van der Waals surface area (Å²) in [6.07, 6.45) is -3.40. The summed E-state index contributed by atoms with van der Waals surface area (Å²) in [5.41, 5.74) is 3.59. The number of nitrogens with one attached hydrogen (secondary N) is 2. The van der Waals surface area contributed by atoms with Crippen LogP contribution in [0.15, 0.2) is 72.8 Å². The van der Waals surface area contributed by atoms with Gasteiger partial charge in [-0.2, -0.15) is 0 Å². The average molecular weight is 545 g/mol. The number of rotatable bonds is 14. The van der Waals surface area contributed by atoms with Crippen LogP contribution in [0, 0.1) is 0 Å². The van der Waals surface area contributed by atoms with Crippen molar-refractivity contribution in [2.75, 3.05) is 25.1 Å². The zero-order valence-electron chi connectivity index (χ0n) is 21.5. The van der Waals surface area contributed by atoms with Crippen LogP contribution in [0.3, 0.4) is 0 Å². The van der Waals surface area contributed by atoms with Crippen molar-refractivity contribution >= 4 is 17.6 Å². The molecule has 3 N–H and O–H groups in total. The normalized spacial score (nSPS) is 12.0. The van der Waals surface area contributed by atoms with Gasteiger partial charge in [-0.15, -0.1) is 13.2 Å². The van der Waals surface area contributed by atoms with Gasteiger partial charge in [-0.05, 0) is 65.9 Å². The van der Waals surface area contributed by atoms with E-state index >= 15 is 0 Å². The first-order valence-electron chi connectivity index (χ1n) is 12.5. The Labute approximate surface area is 225 Å². The number of anilines is 1. The van der Waals surface area contributed by atoms with Crippen LogP contribution in [-0.4, -0.2) is 49.1 Å². The molecule has 0 aromatic heterocycles.